The number of aromatic nitrogens is 2. The number of aromatic amines is 1. The van der Waals surface area contributed by atoms with Crippen molar-refractivity contribution in [1.29, 1.82) is 0 Å². The summed E-state index contributed by atoms with van der Waals surface area (Å²) in [6.45, 7) is 3.64. The van der Waals surface area contributed by atoms with Crippen LogP contribution in [0.15, 0.2) is 59.0 Å². The van der Waals surface area contributed by atoms with Gasteiger partial charge < -0.3 is 15.1 Å². The lowest BCUT2D eigenvalue weighted by Crippen LogP contribution is -2.15. The van der Waals surface area contributed by atoms with Gasteiger partial charge in [-0.1, -0.05) is 24.3 Å². The van der Waals surface area contributed by atoms with Crippen LogP contribution in [-0.4, -0.2) is 22.0 Å². The van der Waals surface area contributed by atoms with Gasteiger partial charge in [0.2, 0.25) is 0 Å². The van der Waals surface area contributed by atoms with Gasteiger partial charge in [0.1, 0.15) is 5.58 Å². The standard InChI is InChI=1S/C21H18N4O3/c1-12-19(13(2)25-24-12)23-20(26)15-7-5-8-16(10-15)22-21(27)18-11-14-6-3-4-9-17(14)28-18/h3-11H,1-2H3,(H,22,27)(H,23,26)(H,24,25). The van der Waals surface area contributed by atoms with E-state index in [1.807, 2.05) is 32.0 Å². The first-order chi connectivity index (χ1) is 13.5. The number of para-hydroxylation sites is 1. The molecule has 140 valence electrons. The number of carbonyl (C=O) groups excluding carboxylic acids is 2. The molecule has 7 heteroatoms. The minimum Gasteiger partial charge on any atom is -0.451 e. The molecule has 0 saturated carbocycles. The van der Waals surface area contributed by atoms with Crippen molar-refractivity contribution in [2.24, 2.45) is 0 Å². The first kappa shape index (κ1) is 17.5. The molecule has 2 aromatic carbocycles. The van der Waals surface area contributed by atoms with Gasteiger partial charge in [-0.3, -0.25) is 14.7 Å². The summed E-state index contributed by atoms with van der Waals surface area (Å²) in [5, 5.41) is 13.4. The summed E-state index contributed by atoms with van der Waals surface area (Å²) in [4.78, 5) is 25.1. The Balaban J connectivity index is 1.51. The molecule has 0 radical (unpaired) electrons. The van der Waals surface area contributed by atoms with E-state index in [0.29, 0.717) is 28.2 Å². The molecule has 0 aliphatic rings. The van der Waals surface area contributed by atoms with Crippen LogP contribution in [0.2, 0.25) is 0 Å². The number of furan rings is 1. The molecule has 0 spiro atoms. The minimum atomic E-state index is -0.379. The highest BCUT2D eigenvalue weighted by molar-refractivity contribution is 6.07. The molecule has 0 aliphatic heterocycles. The summed E-state index contributed by atoms with van der Waals surface area (Å²) in [5.41, 5.74) is 3.70. The SMILES string of the molecule is Cc1n[nH]c(C)c1NC(=O)c1cccc(NC(=O)c2cc3ccccc3o2)c1. The number of anilines is 2. The summed E-state index contributed by atoms with van der Waals surface area (Å²) in [6, 6.07) is 15.8. The first-order valence-corrected chi connectivity index (χ1v) is 8.74. The molecule has 0 atom stereocenters. The summed E-state index contributed by atoms with van der Waals surface area (Å²) in [5.74, 6) is -0.455. The van der Waals surface area contributed by atoms with Crippen molar-refractivity contribution in [2.45, 2.75) is 13.8 Å². The number of benzene rings is 2. The highest BCUT2D eigenvalue weighted by atomic mass is 16.3. The van der Waals surface area contributed by atoms with Crippen molar-refractivity contribution in [3.05, 3.63) is 77.3 Å². The largest absolute Gasteiger partial charge is 0.451 e. The lowest BCUT2D eigenvalue weighted by atomic mass is 10.1. The third-order valence-electron chi connectivity index (χ3n) is 4.40. The van der Waals surface area contributed by atoms with Crippen LogP contribution < -0.4 is 10.6 Å². The second-order valence-electron chi connectivity index (χ2n) is 6.45. The number of nitrogens with zero attached hydrogens (tertiary/aromatic N) is 1. The van der Waals surface area contributed by atoms with E-state index in [4.69, 9.17) is 4.42 Å². The Hall–Kier alpha value is -3.87. The van der Waals surface area contributed by atoms with Crippen LogP contribution in [0.25, 0.3) is 11.0 Å². The van der Waals surface area contributed by atoms with E-state index in [0.717, 1.165) is 11.1 Å². The monoisotopic (exact) mass is 374 g/mol. The lowest BCUT2D eigenvalue weighted by molar-refractivity contribution is 0.0995. The van der Waals surface area contributed by atoms with Crippen molar-refractivity contribution >= 4 is 34.2 Å². The van der Waals surface area contributed by atoms with E-state index in [1.54, 1.807) is 36.4 Å². The fourth-order valence-corrected chi connectivity index (χ4v) is 2.95. The smallest absolute Gasteiger partial charge is 0.291 e. The molecule has 3 N–H and O–H groups in total. The van der Waals surface area contributed by atoms with Gasteiger partial charge >= 0.3 is 0 Å². The normalized spacial score (nSPS) is 10.8. The molecule has 4 rings (SSSR count). The maximum atomic E-state index is 12.6. The number of rotatable bonds is 4. The number of carbonyl (C=O) groups is 2. The van der Waals surface area contributed by atoms with E-state index < -0.39 is 0 Å². The molecule has 0 saturated heterocycles. The molecule has 28 heavy (non-hydrogen) atoms. The Morgan fingerprint density at radius 3 is 2.54 bits per heavy atom. The number of amides is 2. The molecule has 0 fully saturated rings. The van der Waals surface area contributed by atoms with Crippen molar-refractivity contribution in [1.82, 2.24) is 10.2 Å². The van der Waals surface area contributed by atoms with Gasteiger partial charge in [0.15, 0.2) is 5.76 Å². The molecule has 2 aromatic heterocycles. The van der Waals surface area contributed by atoms with Crippen molar-refractivity contribution in [2.75, 3.05) is 10.6 Å². The van der Waals surface area contributed by atoms with E-state index in [-0.39, 0.29) is 17.6 Å². The van der Waals surface area contributed by atoms with E-state index >= 15 is 0 Å². The summed E-state index contributed by atoms with van der Waals surface area (Å²) < 4.78 is 5.57. The molecule has 2 amide bonds. The van der Waals surface area contributed by atoms with Crippen LogP contribution >= 0.6 is 0 Å². The first-order valence-electron chi connectivity index (χ1n) is 8.74. The van der Waals surface area contributed by atoms with E-state index in [2.05, 4.69) is 20.8 Å². The Bertz CT molecular complexity index is 1140. The van der Waals surface area contributed by atoms with Gasteiger partial charge in [0.05, 0.1) is 17.1 Å². The van der Waals surface area contributed by atoms with E-state index in [9.17, 15) is 9.59 Å². The van der Waals surface area contributed by atoms with Crippen molar-refractivity contribution in [3.8, 4) is 0 Å². The summed E-state index contributed by atoms with van der Waals surface area (Å²) >= 11 is 0. The zero-order valence-electron chi connectivity index (χ0n) is 15.4. The van der Waals surface area contributed by atoms with Crippen LogP contribution in [0.1, 0.15) is 32.3 Å². The van der Waals surface area contributed by atoms with Crippen LogP contribution in [0.5, 0.6) is 0 Å². The quantitative estimate of drug-likeness (QED) is 0.496. The fraction of sp³-hybridized carbons (Fsp3) is 0.0952. The zero-order valence-corrected chi connectivity index (χ0v) is 15.4. The molecule has 4 aromatic rings. The maximum absolute atomic E-state index is 12.6. The Kier molecular flexibility index (Phi) is 4.41. The summed E-state index contributed by atoms with van der Waals surface area (Å²) in [7, 11) is 0. The van der Waals surface area contributed by atoms with Crippen LogP contribution in [0.4, 0.5) is 11.4 Å². The number of H-pyrrole nitrogens is 1. The highest BCUT2D eigenvalue weighted by Crippen LogP contribution is 2.21. The third kappa shape index (κ3) is 3.37. The van der Waals surface area contributed by atoms with Crippen LogP contribution in [0, 0.1) is 13.8 Å². The number of aryl methyl sites for hydroxylation is 2. The molecule has 2 heterocycles. The Labute approximate surface area is 160 Å². The molecule has 0 unspecified atom stereocenters. The average Bonchev–Trinajstić information content (AvgIpc) is 3.27. The van der Waals surface area contributed by atoms with E-state index in [1.165, 1.54) is 0 Å². The van der Waals surface area contributed by atoms with Gasteiger partial charge in [0, 0.05) is 16.6 Å². The Morgan fingerprint density at radius 2 is 1.79 bits per heavy atom. The predicted octanol–water partition coefficient (Wildman–Crippen LogP) is 4.28. The molecule has 7 nitrogen and oxygen atoms in total. The van der Waals surface area contributed by atoms with Gasteiger partial charge in [-0.05, 0) is 44.2 Å². The van der Waals surface area contributed by atoms with Gasteiger partial charge in [0.25, 0.3) is 11.8 Å². The van der Waals surface area contributed by atoms with Crippen molar-refractivity contribution < 1.29 is 14.0 Å². The van der Waals surface area contributed by atoms with Crippen molar-refractivity contribution in [3.63, 3.8) is 0 Å². The zero-order chi connectivity index (χ0) is 19.7. The topological polar surface area (TPSA) is 100 Å². The molecular weight excluding hydrogens is 356 g/mol. The maximum Gasteiger partial charge on any atom is 0.291 e. The Morgan fingerprint density at radius 1 is 0.964 bits per heavy atom. The third-order valence-corrected chi connectivity index (χ3v) is 4.40. The molecule has 0 bridgehead atoms. The number of nitrogens with one attached hydrogen (secondary N) is 3. The van der Waals surface area contributed by atoms with Gasteiger partial charge in [-0.2, -0.15) is 5.10 Å². The fourth-order valence-electron chi connectivity index (χ4n) is 2.95. The lowest BCUT2D eigenvalue weighted by Gasteiger charge is -2.08. The number of hydrogen-bond donors (Lipinski definition) is 3. The predicted molar refractivity (Wildman–Crippen MR) is 107 cm³/mol. The minimum absolute atomic E-state index is 0.209. The molecule has 0 aliphatic carbocycles. The van der Waals surface area contributed by atoms with Crippen LogP contribution in [-0.2, 0) is 0 Å². The number of fused-ring (bicyclic) bond motifs is 1. The average molecular weight is 374 g/mol. The number of hydrogen-bond acceptors (Lipinski definition) is 4. The second-order valence-corrected chi connectivity index (χ2v) is 6.45. The van der Waals surface area contributed by atoms with Gasteiger partial charge in [-0.25, -0.2) is 0 Å². The second kappa shape index (κ2) is 7.03. The molecular formula is C21H18N4O3. The van der Waals surface area contributed by atoms with Gasteiger partial charge in [-0.15, -0.1) is 0 Å². The highest BCUT2D eigenvalue weighted by Gasteiger charge is 2.15. The summed E-state index contributed by atoms with van der Waals surface area (Å²) in [6.07, 6.45) is 0. The van der Waals surface area contributed by atoms with Crippen LogP contribution in [0.3, 0.4) is 0 Å².